The minimum Gasteiger partial charge on any atom is -0.487 e. The summed E-state index contributed by atoms with van der Waals surface area (Å²) in [6.07, 6.45) is -0.409. The fraction of sp³-hybridized carbons (Fsp3) is 0.261. The van der Waals surface area contributed by atoms with Gasteiger partial charge in [0.25, 0.3) is 0 Å². The smallest absolute Gasteiger partial charge is 0.416 e. The van der Waals surface area contributed by atoms with Crippen LogP contribution in [0, 0.1) is 6.92 Å². The quantitative estimate of drug-likeness (QED) is 0.510. The highest BCUT2D eigenvalue weighted by Gasteiger charge is 2.30. The SMILES string of the molecule is CCC(=CCO)c1cc(C)cc(OCc2coc(-c3ccc(C(F)(F)F)cc3)n2)c1. The zero-order valence-electron chi connectivity index (χ0n) is 16.7. The molecule has 4 nitrogen and oxygen atoms in total. The van der Waals surface area contributed by atoms with Crippen LogP contribution in [0.2, 0.25) is 0 Å². The summed E-state index contributed by atoms with van der Waals surface area (Å²) in [7, 11) is 0. The predicted molar refractivity (Wildman–Crippen MR) is 108 cm³/mol. The lowest BCUT2D eigenvalue weighted by Crippen LogP contribution is -2.04. The van der Waals surface area contributed by atoms with Gasteiger partial charge in [0.15, 0.2) is 0 Å². The van der Waals surface area contributed by atoms with Crippen molar-refractivity contribution in [2.75, 3.05) is 6.61 Å². The topological polar surface area (TPSA) is 55.5 Å². The van der Waals surface area contributed by atoms with Crippen molar-refractivity contribution in [1.29, 1.82) is 0 Å². The van der Waals surface area contributed by atoms with E-state index in [4.69, 9.17) is 9.15 Å². The lowest BCUT2D eigenvalue weighted by molar-refractivity contribution is -0.137. The predicted octanol–water partition coefficient (Wildman–Crippen LogP) is 6.03. The number of hydrogen-bond donors (Lipinski definition) is 1. The Morgan fingerprint density at radius 2 is 1.90 bits per heavy atom. The molecular weight excluding hydrogens is 395 g/mol. The standard InChI is InChI=1S/C23H22F3NO3/c1-3-16(8-9-28)18-10-15(2)11-21(12-18)29-13-20-14-30-22(27-20)17-4-6-19(7-5-17)23(24,25)26/h4-8,10-12,14,28H,3,9,13H2,1-2H3. The number of aromatic nitrogens is 1. The summed E-state index contributed by atoms with van der Waals surface area (Å²) >= 11 is 0. The average Bonchev–Trinajstić information content (AvgIpc) is 3.18. The Morgan fingerprint density at radius 1 is 1.17 bits per heavy atom. The molecule has 0 saturated heterocycles. The van der Waals surface area contributed by atoms with Gasteiger partial charge in [-0.1, -0.05) is 19.1 Å². The molecule has 0 atom stereocenters. The van der Waals surface area contributed by atoms with E-state index >= 15 is 0 Å². The summed E-state index contributed by atoms with van der Waals surface area (Å²) < 4.78 is 49.3. The van der Waals surface area contributed by atoms with Gasteiger partial charge in [0.1, 0.15) is 24.3 Å². The summed E-state index contributed by atoms with van der Waals surface area (Å²) in [6.45, 7) is 4.10. The Labute approximate surface area is 172 Å². The molecule has 0 fully saturated rings. The van der Waals surface area contributed by atoms with E-state index in [9.17, 15) is 18.3 Å². The number of oxazole rings is 1. The van der Waals surface area contributed by atoms with Crippen molar-refractivity contribution < 1.29 is 27.4 Å². The van der Waals surface area contributed by atoms with E-state index in [-0.39, 0.29) is 19.1 Å². The molecule has 7 heteroatoms. The van der Waals surface area contributed by atoms with Gasteiger partial charge in [0, 0.05) is 5.56 Å². The van der Waals surface area contributed by atoms with E-state index < -0.39 is 11.7 Å². The number of nitrogens with zero attached hydrogens (tertiary/aromatic N) is 1. The summed E-state index contributed by atoms with van der Waals surface area (Å²) in [6, 6.07) is 10.5. The fourth-order valence-electron chi connectivity index (χ4n) is 3.06. The first-order valence-electron chi connectivity index (χ1n) is 9.47. The molecule has 0 aliphatic rings. The van der Waals surface area contributed by atoms with E-state index in [1.54, 1.807) is 6.08 Å². The van der Waals surface area contributed by atoms with Gasteiger partial charge in [-0.3, -0.25) is 0 Å². The van der Waals surface area contributed by atoms with Crippen LogP contribution in [0.4, 0.5) is 13.2 Å². The Balaban J connectivity index is 1.71. The molecule has 158 valence electrons. The number of allylic oxidation sites excluding steroid dienone is 1. The highest BCUT2D eigenvalue weighted by molar-refractivity contribution is 5.67. The third-order valence-corrected chi connectivity index (χ3v) is 4.54. The van der Waals surface area contributed by atoms with E-state index in [1.807, 2.05) is 32.0 Å². The van der Waals surface area contributed by atoms with Gasteiger partial charge in [-0.25, -0.2) is 4.98 Å². The van der Waals surface area contributed by atoms with Gasteiger partial charge >= 0.3 is 6.18 Å². The maximum absolute atomic E-state index is 12.7. The fourth-order valence-corrected chi connectivity index (χ4v) is 3.06. The van der Waals surface area contributed by atoms with Crippen LogP contribution in [0.5, 0.6) is 5.75 Å². The molecule has 0 amide bonds. The number of halogens is 3. The highest BCUT2D eigenvalue weighted by atomic mass is 19.4. The molecule has 0 radical (unpaired) electrons. The Hall–Kier alpha value is -3.06. The average molecular weight is 417 g/mol. The van der Waals surface area contributed by atoms with Crippen LogP contribution in [0.1, 0.15) is 35.7 Å². The molecule has 3 rings (SSSR count). The monoisotopic (exact) mass is 417 g/mol. The van der Waals surface area contributed by atoms with Crippen LogP contribution in [-0.4, -0.2) is 16.7 Å². The van der Waals surface area contributed by atoms with Crippen molar-refractivity contribution in [3.63, 3.8) is 0 Å². The van der Waals surface area contributed by atoms with Gasteiger partial charge in [0.2, 0.25) is 5.89 Å². The molecule has 0 saturated carbocycles. The van der Waals surface area contributed by atoms with Gasteiger partial charge in [-0.05, 0) is 66.4 Å². The molecule has 0 aliphatic heterocycles. The molecule has 30 heavy (non-hydrogen) atoms. The van der Waals surface area contributed by atoms with E-state index in [0.29, 0.717) is 17.0 Å². The third kappa shape index (κ3) is 5.30. The van der Waals surface area contributed by atoms with Crippen molar-refractivity contribution in [1.82, 2.24) is 4.98 Å². The number of aliphatic hydroxyl groups is 1. The van der Waals surface area contributed by atoms with E-state index in [1.165, 1.54) is 18.4 Å². The lowest BCUT2D eigenvalue weighted by Gasteiger charge is -2.10. The van der Waals surface area contributed by atoms with Crippen LogP contribution in [0.25, 0.3) is 17.0 Å². The molecular formula is C23H22F3NO3. The molecule has 0 aliphatic carbocycles. The zero-order valence-corrected chi connectivity index (χ0v) is 16.7. The van der Waals surface area contributed by atoms with Gasteiger partial charge in [-0.15, -0.1) is 0 Å². The van der Waals surface area contributed by atoms with Gasteiger partial charge in [0.05, 0.1) is 12.2 Å². The molecule has 1 aromatic heterocycles. The summed E-state index contributed by atoms with van der Waals surface area (Å²) in [5, 5.41) is 9.19. The van der Waals surface area contributed by atoms with Crippen LogP contribution in [0.15, 0.2) is 59.2 Å². The van der Waals surface area contributed by atoms with Crippen molar-refractivity contribution >= 4 is 5.57 Å². The number of ether oxygens (including phenoxy) is 1. The second-order valence-corrected chi connectivity index (χ2v) is 6.81. The van der Waals surface area contributed by atoms with Crippen LogP contribution >= 0.6 is 0 Å². The minimum atomic E-state index is -4.38. The van der Waals surface area contributed by atoms with Crippen molar-refractivity contribution in [2.24, 2.45) is 0 Å². The molecule has 2 aromatic carbocycles. The Morgan fingerprint density at radius 3 is 2.53 bits per heavy atom. The molecule has 0 spiro atoms. The third-order valence-electron chi connectivity index (χ3n) is 4.54. The molecule has 0 bridgehead atoms. The summed E-state index contributed by atoms with van der Waals surface area (Å²) in [4.78, 5) is 4.30. The number of alkyl halides is 3. The molecule has 1 heterocycles. The van der Waals surface area contributed by atoms with Crippen molar-refractivity contribution in [3.8, 4) is 17.2 Å². The van der Waals surface area contributed by atoms with Crippen molar-refractivity contribution in [2.45, 2.75) is 33.1 Å². The number of aliphatic hydroxyl groups excluding tert-OH is 1. The van der Waals surface area contributed by atoms with Crippen LogP contribution in [-0.2, 0) is 12.8 Å². The van der Waals surface area contributed by atoms with E-state index in [0.717, 1.165) is 35.3 Å². The van der Waals surface area contributed by atoms with Crippen LogP contribution < -0.4 is 4.74 Å². The Bertz CT molecular complexity index is 1020. The number of hydrogen-bond acceptors (Lipinski definition) is 4. The van der Waals surface area contributed by atoms with Crippen LogP contribution in [0.3, 0.4) is 0 Å². The normalized spacial score (nSPS) is 12.3. The molecule has 0 unspecified atom stereocenters. The largest absolute Gasteiger partial charge is 0.487 e. The van der Waals surface area contributed by atoms with Gasteiger partial charge < -0.3 is 14.3 Å². The first-order chi connectivity index (χ1) is 14.3. The molecule has 3 aromatic rings. The second-order valence-electron chi connectivity index (χ2n) is 6.81. The maximum Gasteiger partial charge on any atom is 0.416 e. The number of rotatable bonds is 7. The van der Waals surface area contributed by atoms with E-state index in [2.05, 4.69) is 4.98 Å². The zero-order chi connectivity index (χ0) is 21.7. The first kappa shape index (κ1) is 21.6. The van der Waals surface area contributed by atoms with Crippen molar-refractivity contribution in [3.05, 3.63) is 77.2 Å². The summed E-state index contributed by atoms with van der Waals surface area (Å²) in [5.41, 5.74) is 3.27. The van der Waals surface area contributed by atoms with Gasteiger partial charge in [-0.2, -0.15) is 13.2 Å². The minimum absolute atomic E-state index is 0.0288. The number of benzene rings is 2. The summed E-state index contributed by atoms with van der Waals surface area (Å²) in [5.74, 6) is 0.882. The maximum atomic E-state index is 12.7. The highest BCUT2D eigenvalue weighted by Crippen LogP contribution is 2.31. The first-order valence-corrected chi connectivity index (χ1v) is 9.47. The Kier molecular flexibility index (Phi) is 6.62. The lowest BCUT2D eigenvalue weighted by atomic mass is 10.0. The molecule has 1 N–H and O–H groups in total. The second kappa shape index (κ2) is 9.17. The number of aryl methyl sites for hydroxylation is 1.